The Morgan fingerprint density at radius 3 is 2.82 bits per heavy atom. The maximum Gasteiger partial charge on any atom is 0.271 e. The van der Waals surface area contributed by atoms with Gasteiger partial charge in [-0.25, -0.2) is 9.97 Å². The molecule has 0 bridgehead atoms. The molecule has 28 heavy (non-hydrogen) atoms. The molecule has 0 aliphatic rings. The first-order valence-electron chi connectivity index (χ1n) is 8.52. The van der Waals surface area contributed by atoms with Crippen LogP contribution in [0.1, 0.15) is 27.6 Å². The van der Waals surface area contributed by atoms with Crippen molar-refractivity contribution in [2.45, 2.75) is 6.92 Å². The molecule has 0 atom stereocenters. The van der Waals surface area contributed by atoms with E-state index in [1.807, 2.05) is 13.0 Å². The standard InChI is InChI=1S/C19H15N5O3S/c1-2-20-16(25)12-9-15(22-14-6-4-3-5-11(12)14)23-17(26)13-10-21-19-24(18(13)27)7-8-28-19/h3-10H,2H2,1H3,(H,20,25)(H,22,23,26). The van der Waals surface area contributed by atoms with E-state index in [0.717, 1.165) is 0 Å². The number of carbonyl (C=O) groups is 2. The molecule has 0 unspecified atom stereocenters. The monoisotopic (exact) mass is 393 g/mol. The Hall–Kier alpha value is -3.59. The third kappa shape index (κ3) is 3.12. The van der Waals surface area contributed by atoms with E-state index in [2.05, 4.69) is 20.6 Å². The van der Waals surface area contributed by atoms with Gasteiger partial charge >= 0.3 is 0 Å². The first-order chi connectivity index (χ1) is 13.6. The first-order valence-corrected chi connectivity index (χ1v) is 9.40. The van der Waals surface area contributed by atoms with Crippen LogP contribution in [-0.4, -0.2) is 32.7 Å². The Morgan fingerprint density at radius 2 is 2.00 bits per heavy atom. The van der Waals surface area contributed by atoms with E-state index >= 15 is 0 Å². The van der Waals surface area contributed by atoms with Gasteiger partial charge in [-0.3, -0.25) is 18.8 Å². The quantitative estimate of drug-likeness (QED) is 0.553. The number of anilines is 1. The molecule has 9 heteroatoms. The molecule has 140 valence electrons. The highest BCUT2D eigenvalue weighted by Crippen LogP contribution is 2.21. The molecule has 0 aliphatic carbocycles. The van der Waals surface area contributed by atoms with Gasteiger partial charge in [0.2, 0.25) is 0 Å². The number of hydrogen-bond donors (Lipinski definition) is 2. The Morgan fingerprint density at radius 1 is 1.18 bits per heavy atom. The smallest absolute Gasteiger partial charge is 0.271 e. The van der Waals surface area contributed by atoms with E-state index in [4.69, 9.17) is 0 Å². The Kier molecular flexibility index (Phi) is 4.58. The highest BCUT2D eigenvalue weighted by molar-refractivity contribution is 7.15. The summed E-state index contributed by atoms with van der Waals surface area (Å²) in [5, 5.41) is 7.75. The fraction of sp³-hybridized carbons (Fsp3) is 0.105. The number of para-hydroxylation sites is 1. The molecule has 1 aromatic carbocycles. The predicted molar refractivity (Wildman–Crippen MR) is 107 cm³/mol. The van der Waals surface area contributed by atoms with Crippen molar-refractivity contribution >= 4 is 44.8 Å². The summed E-state index contributed by atoms with van der Waals surface area (Å²) in [6.45, 7) is 2.30. The lowest BCUT2D eigenvalue weighted by molar-refractivity contribution is 0.0955. The van der Waals surface area contributed by atoms with Crippen LogP contribution in [0.4, 0.5) is 5.82 Å². The number of benzene rings is 1. The molecule has 3 heterocycles. The van der Waals surface area contributed by atoms with Crippen molar-refractivity contribution in [3.05, 3.63) is 69.6 Å². The fourth-order valence-corrected chi connectivity index (χ4v) is 3.52. The van der Waals surface area contributed by atoms with E-state index in [0.29, 0.717) is 28.0 Å². The molecule has 0 aliphatic heterocycles. The lowest BCUT2D eigenvalue weighted by Crippen LogP contribution is -2.26. The van der Waals surface area contributed by atoms with E-state index in [9.17, 15) is 14.4 Å². The maximum atomic E-state index is 12.6. The largest absolute Gasteiger partial charge is 0.352 e. The fourth-order valence-electron chi connectivity index (χ4n) is 2.85. The summed E-state index contributed by atoms with van der Waals surface area (Å²) in [6, 6.07) is 8.65. The molecule has 0 saturated carbocycles. The van der Waals surface area contributed by atoms with Crippen LogP contribution >= 0.6 is 11.3 Å². The van der Waals surface area contributed by atoms with Crippen molar-refractivity contribution in [1.29, 1.82) is 0 Å². The number of pyridine rings is 1. The van der Waals surface area contributed by atoms with E-state index in [1.165, 1.54) is 28.0 Å². The number of carbonyl (C=O) groups excluding carboxylic acids is 2. The lowest BCUT2D eigenvalue weighted by atomic mass is 10.1. The third-order valence-corrected chi connectivity index (χ3v) is 4.90. The molecule has 4 rings (SSSR count). The van der Waals surface area contributed by atoms with E-state index in [1.54, 1.807) is 29.8 Å². The highest BCUT2D eigenvalue weighted by Gasteiger charge is 2.17. The van der Waals surface area contributed by atoms with Crippen molar-refractivity contribution in [2.75, 3.05) is 11.9 Å². The summed E-state index contributed by atoms with van der Waals surface area (Å²) in [7, 11) is 0. The normalized spacial score (nSPS) is 10.9. The Balaban J connectivity index is 1.74. The zero-order chi connectivity index (χ0) is 19.7. The number of aromatic nitrogens is 3. The van der Waals surface area contributed by atoms with Gasteiger partial charge in [-0.2, -0.15) is 0 Å². The predicted octanol–water partition coefficient (Wildman–Crippen LogP) is 2.31. The summed E-state index contributed by atoms with van der Waals surface area (Å²) in [6.07, 6.45) is 2.81. The zero-order valence-corrected chi connectivity index (χ0v) is 15.6. The molecule has 0 saturated heterocycles. The van der Waals surface area contributed by atoms with Crippen molar-refractivity contribution in [3.63, 3.8) is 0 Å². The van der Waals surface area contributed by atoms with Crippen LogP contribution in [0.2, 0.25) is 0 Å². The summed E-state index contributed by atoms with van der Waals surface area (Å²) < 4.78 is 1.31. The minimum Gasteiger partial charge on any atom is -0.352 e. The lowest BCUT2D eigenvalue weighted by Gasteiger charge is -2.10. The number of rotatable bonds is 4. The van der Waals surface area contributed by atoms with Crippen LogP contribution in [0.5, 0.6) is 0 Å². The van der Waals surface area contributed by atoms with Crippen molar-refractivity contribution in [3.8, 4) is 0 Å². The molecule has 3 aromatic heterocycles. The average Bonchev–Trinajstić information content (AvgIpc) is 3.17. The number of hydrogen-bond acceptors (Lipinski definition) is 6. The summed E-state index contributed by atoms with van der Waals surface area (Å²) >= 11 is 1.30. The highest BCUT2D eigenvalue weighted by atomic mass is 32.1. The van der Waals surface area contributed by atoms with E-state index in [-0.39, 0.29) is 17.3 Å². The maximum absolute atomic E-state index is 12.6. The molecule has 8 nitrogen and oxygen atoms in total. The summed E-state index contributed by atoms with van der Waals surface area (Å²) in [5.74, 6) is -0.722. The molecule has 0 spiro atoms. The van der Waals surface area contributed by atoms with Gasteiger partial charge in [0.05, 0.1) is 11.1 Å². The zero-order valence-electron chi connectivity index (χ0n) is 14.8. The van der Waals surface area contributed by atoms with Gasteiger partial charge in [0.1, 0.15) is 11.4 Å². The third-order valence-electron chi connectivity index (χ3n) is 4.13. The molecular weight excluding hydrogens is 378 g/mol. The van der Waals surface area contributed by atoms with Gasteiger partial charge in [0, 0.05) is 29.7 Å². The van der Waals surface area contributed by atoms with Crippen LogP contribution in [0.15, 0.2) is 52.9 Å². The van der Waals surface area contributed by atoms with Gasteiger partial charge in [-0.05, 0) is 19.1 Å². The number of amides is 2. The second kappa shape index (κ2) is 7.20. The number of nitrogens with one attached hydrogen (secondary N) is 2. The van der Waals surface area contributed by atoms with Crippen molar-refractivity contribution < 1.29 is 9.59 Å². The molecule has 0 fully saturated rings. The van der Waals surface area contributed by atoms with Crippen LogP contribution in [0.25, 0.3) is 15.9 Å². The second-order valence-corrected chi connectivity index (χ2v) is 6.79. The summed E-state index contributed by atoms with van der Waals surface area (Å²) in [4.78, 5) is 46.6. The van der Waals surface area contributed by atoms with Crippen LogP contribution in [0.3, 0.4) is 0 Å². The number of thiazole rings is 1. The minimum absolute atomic E-state index is 0.106. The van der Waals surface area contributed by atoms with Crippen LogP contribution < -0.4 is 16.2 Å². The topological polar surface area (TPSA) is 105 Å². The molecule has 2 N–H and O–H groups in total. The minimum atomic E-state index is -0.636. The van der Waals surface area contributed by atoms with Gasteiger partial charge in [-0.1, -0.05) is 18.2 Å². The Bertz CT molecular complexity index is 1280. The van der Waals surface area contributed by atoms with Crippen LogP contribution in [0, 0.1) is 0 Å². The van der Waals surface area contributed by atoms with Gasteiger partial charge < -0.3 is 10.6 Å². The second-order valence-electron chi connectivity index (χ2n) is 5.92. The Labute approximate surface area is 162 Å². The van der Waals surface area contributed by atoms with E-state index < -0.39 is 11.5 Å². The van der Waals surface area contributed by atoms with Crippen molar-refractivity contribution in [1.82, 2.24) is 19.7 Å². The van der Waals surface area contributed by atoms with Gasteiger partial charge in [0.15, 0.2) is 4.96 Å². The molecular formula is C19H15N5O3S. The number of nitrogens with zero attached hydrogens (tertiary/aromatic N) is 3. The average molecular weight is 393 g/mol. The number of fused-ring (bicyclic) bond motifs is 2. The molecule has 0 radical (unpaired) electrons. The van der Waals surface area contributed by atoms with Crippen LogP contribution in [-0.2, 0) is 0 Å². The first kappa shape index (κ1) is 17.8. The van der Waals surface area contributed by atoms with Gasteiger partial charge in [0.25, 0.3) is 17.4 Å². The summed E-state index contributed by atoms with van der Waals surface area (Å²) in [5.41, 5.74) is 0.384. The van der Waals surface area contributed by atoms with Crippen molar-refractivity contribution in [2.24, 2.45) is 0 Å². The molecule has 4 aromatic rings. The van der Waals surface area contributed by atoms with Gasteiger partial charge in [-0.15, -0.1) is 11.3 Å². The molecule has 2 amide bonds. The SMILES string of the molecule is CCNC(=O)c1cc(NC(=O)c2cnc3sccn3c2=O)nc2ccccc12.